The number of hydrogen-bond acceptors (Lipinski definition) is 6. The molecule has 0 atom stereocenters. The second kappa shape index (κ2) is 11.2. The number of benzene rings is 2. The maximum absolute atomic E-state index is 12.9. The van der Waals surface area contributed by atoms with Crippen LogP contribution in [0.1, 0.15) is 35.7 Å². The second-order valence-corrected chi connectivity index (χ2v) is 7.87. The monoisotopic (exact) mass is 452 g/mol. The molecule has 1 heterocycles. The van der Waals surface area contributed by atoms with Crippen molar-refractivity contribution >= 4 is 29.3 Å². The Hall–Kier alpha value is -3.72. The summed E-state index contributed by atoms with van der Waals surface area (Å²) in [5, 5.41) is 16.8. The van der Waals surface area contributed by atoms with Crippen molar-refractivity contribution < 1.29 is 19.2 Å². The smallest absolute Gasteiger partial charge is 0.293 e. The number of rotatable bonds is 8. The number of carbonyl (C=O) groups is 2. The number of amides is 2. The molecule has 2 aromatic carbocycles. The Labute approximate surface area is 192 Å². The van der Waals surface area contributed by atoms with Gasteiger partial charge in [0.15, 0.2) is 0 Å². The molecule has 2 N–H and O–H groups in total. The van der Waals surface area contributed by atoms with Crippen LogP contribution in [0.15, 0.2) is 48.5 Å². The van der Waals surface area contributed by atoms with Crippen LogP contribution in [0, 0.1) is 10.1 Å². The highest BCUT2D eigenvalue weighted by molar-refractivity contribution is 6.00. The number of nitrogens with one attached hydrogen (secondary N) is 2. The molecule has 0 saturated carbocycles. The summed E-state index contributed by atoms with van der Waals surface area (Å²) in [6.45, 7) is 3.76. The average molecular weight is 453 g/mol. The van der Waals surface area contributed by atoms with Crippen LogP contribution in [0.3, 0.4) is 0 Å². The van der Waals surface area contributed by atoms with Crippen molar-refractivity contribution in [2.45, 2.75) is 25.8 Å². The van der Waals surface area contributed by atoms with Crippen LogP contribution >= 0.6 is 0 Å². The summed E-state index contributed by atoms with van der Waals surface area (Å²) in [5.74, 6) is -0.736. The molecule has 33 heavy (non-hydrogen) atoms. The van der Waals surface area contributed by atoms with Crippen molar-refractivity contribution in [1.82, 2.24) is 10.2 Å². The largest absolute Gasteiger partial charge is 0.496 e. The Morgan fingerprint density at radius 1 is 1.21 bits per heavy atom. The van der Waals surface area contributed by atoms with Crippen LogP contribution in [0.2, 0.25) is 0 Å². The minimum atomic E-state index is -0.636. The molecule has 1 saturated heterocycles. The molecular weight excluding hydrogens is 424 g/mol. The number of hydrogen-bond donors (Lipinski definition) is 2. The van der Waals surface area contributed by atoms with E-state index in [0.29, 0.717) is 0 Å². The van der Waals surface area contributed by atoms with Crippen molar-refractivity contribution in [1.29, 1.82) is 0 Å². The summed E-state index contributed by atoms with van der Waals surface area (Å²) in [4.78, 5) is 37.4. The first kappa shape index (κ1) is 23.9. The topological polar surface area (TPSA) is 114 Å². The first-order valence-corrected chi connectivity index (χ1v) is 10.8. The fourth-order valence-electron chi connectivity index (χ4n) is 3.78. The van der Waals surface area contributed by atoms with Gasteiger partial charge in [-0.3, -0.25) is 24.6 Å². The lowest BCUT2D eigenvalue weighted by atomic mass is 10.0. The number of piperidine rings is 1. The summed E-state index contributed by atoms with van der Waals surface area (Å²) in [5.41, 5.74) is 0.840. The summed E-state index contributed by atoms with van der Waals surface area (Å²) >= 11 is 0. The summed E-state index contributed by atoms with van der Waals surface area (Å²) < 4.78 is 5.26. The zero-order valence-electron chi connectivity index (χ0n) is 18.7. The molecule has 3 rings (SSSR count). The van der Waals surface area contributed by atoms with E-state index in [1.54, 1.807) is 0 Å². The van der Waals surface area contributed by atoms with Gasteiger partial charge in [-0.05, 0) is 18.4 Å². The average Bonchev–Trinajstić information content (AvgIpc) is 2.80. The minimum Gasteiger partial charge on any atom is -0.496 e. The van der Waals surface area contributed by atoms with Gasteiger partial charge in [-0.15, -0.1) is 0 Å². The highest BCUT2D eigenvalue weighted by atomic mass is 16.6. The molecule has 2 aromatic rings. The third-order valence-electron chi connectivity index (χ3n) is 5.47. The molecular formula is C24H28N4O5. The van der Waals surface area contributed by atoms with Crippen LogP contribution in [0.4, 0.5) is 11.4 Å². The van der Waals surface area contributed by atoms with E-state index < -0.39 is 16.7 Å². The van der Waals surface area contributed by atoms with Crippen LogP contribution in [0.5, 0.6) is 5.75 Å². The Bertz CT molecular complexity index is 1030. The molecule has 9 nitrogen and oxygen atoms in total. The van der Waals surface area contributed by atoms with E-state index in [2.05, 4.69) is 39.8 Å². The van der Waals surface area contributed by atoms with Crippen molar-refractivity contribution in [3.8, 4) is 5.75 Å². The van der Waals surface area contributed by atoms with E-state index in [9.17, 15) is 19.7 Å². The van der Waals surface area contributed by atoms with Gasteiger partial charge in [0.25, 0.3) is 11.6 Å². The molecule has 0 radical (unpaired) electrons. The molecule has 0 aromatic heterocycles. The SMILES string of the molecule is COc1cc(NC(C)=O)c([N+](=O)[O-])cc1C(=O)NC1CCN(C/C=C/c2ccccc2)CC1. The molecule has 0 aliphatic carbocycles. The first-order valence-electron chi connectivity index (χ1n) is 10.8. The van der Waals surface area contributed by atoms with E-state index in [0.717, 1.165) is 44.1 Å². The highest BCUT2D eigenvalue weighted by Crippen LogP contribution is 2.33. The molecule has 174 valence electrons. The lowest BCUT2D eigenvalue weighted by Crippen LogP contribution is -2.44. The van der Waals surface area contributed by atoms with Gasteiger partial charge >= 0.3 is 0 Å². The van der Waals surface area contributed by atoms with E-state index in [1.165, 1.54) is 20.1 Å². The minimum absolute atomic E-state index is 0.0160. The predicted octanol–water partition coefficient (Wildman–Crippen LogP) is 3.47. The number of ether oxygens (including phenoxy) is 1. The van der Waals surface area contributed by atoms with Gasteiger partial charge in [0.05, 0.1) is 17.6 Å². The normalized spacial score (nSPS) is 14.7. The number of anilines is 1. The lowest BCUT2D eigenvalue weighted by Gasteiger charge is -2.31. The quantitative estimate of drug-likeness (QED) is 0.468. The zero-order chi connectivity index (χ0) is 23.8. The Morgan fingerprint density at radius 2 is 1.91 bits per heavy atom. The van der Waals surface area contributed by atoms with Crippen molar-refractivity contribution in [2.75, 3.05) is 32.1 Å². The highest BCUT2D eigenvalue weighted by Gasteiger charge is 2.26. The maximum Gasteiger partial charge on any atom is 0.293 e. The lowest BCUT2D eigenvalue weighted by molar-refractivity contribution is -0.384. The van der Waals surface area contributed by atoms with Crippen LogP contribution in [-0.4, -0.2) is 54.4 Å². The van der Waals surface area contributed by atoms with Gasteiger partial charge in [-0.25, -0.2) is 0 Å². The zero-order valence-corrected chi connectivity index (χ0v) is 18.7. The summed E-state index contributed by atoms with van der Waals surface area (Å²) in [6, 6.07) is 12.5. The van der Waals surface area contributed by atoms with E-state index in [4.69, 9.17) is 4.74 Å². The third kappa shape index (κ3) is 6.63. The van der Waals surface area contributed by atoms with Crippen molar-refractivity contribution in [3.63, 3.8) is 0 Å². The Kier molecular flexibility index (Phi) is 8.15. The van der Waals surface area contributed by atoms with Gasteiger partial charge in [0.1, 0.15) is 11.4 Å². The molecule has 1 fully saturated rings. The third-order valence-corrected chi connectivity index (χ3v) is 5.47. The summed E-state index contributed by atoms with van der Waals surface area (Å²) in [7, 11) is 1.37. The Balaban J connectivity index is 1.60. The standard InChI is InChI=1S/C24H28N4O5/c1-17(29)25-21-16-23(33-2)20(15-22(21)28(31)32)24(30)26-19-10-13-27(14-11-19)12-6-9-18-7-4-3-5-8-18/h3-9,15-16,19H,10-14H2,1-2H3,(H,25,29)(H,26,30)/b9-6+. The summed E-state index contributed by atoms with van der Waals surface area (Å²) in [6.07, 6.45) is 5.78. The van der Waals surface area contributed by atoms with E-state index in [1.807, 2.05) is 18.2 Å². The fraction of sp³-hybridized carbons (Fsp3) is 0.333. The number of methoxy groups -OCH3 is 1. The van der Waals surface area contributed by atoms with Crippen molar-refractivity contribution in [2.24, 2.45) is 0 Å². The Morgan fingerprint density at radius 3 is 2.52 bits per heavy atom. The number of nitro benzene ring substituents is 1. The van der Waals surface area contributed by atoms with Crippen LogP contribution in [-0.2, 0) is 4.79 Å². The van der Waals surface area contributed by atoms with E-state index >= 15 is 0 Å². The number of nitrogens with zero attached hydrogens (tertiary/aromatic N) is 2. The van der Waals surface area contributed by atoms with Crippen LogP contribution in [0.25, 0.3) is 6.08 Å². The molecule has 0 spiro atoms. The molecule has 1 aliphatic rings. The molecule has 0 unspecified atom stereocenters. The molecule has 1 aliphatic heterocycles. The number of nitro groups is 1. The molecule has 9 heteroatoms. The van der Waals surface area contributed by atoms with E-state index in [-0.39, 0.29) is 28.7 Å². The van der Waals surface area contributed by atoms with Gasteiger partial charge in [0.2, 0.25) is 5.91 Å². The number of carbonyl (C=O) groups excluding carboxylic acids is 2. The van der Waals surface area contributed by atoms with Gasteiger partial charge in [0, 0.05) is 44.7 Å². The fourth-order valence-corrected chi connectivity index (χ4v) is 3.78. The predicted molar refractivity (Wildman–Crippen MR) is 126 cm³/mol. The van der Waals surface area contributed by atoms with Gasteiger partial charge in [-0.1, -0.05) is 42.5 Å². The van der Waals surface area contributed by atoms with Crippen LogP contribution < -0.4 is 15.4 Å². The van der Waals surface area contributed by atoms with Gasteiger partial charge in [-0.2, -0.15) is 0 Å². The van der Waals surface area contributed by atoms with Gasteiger partial charge < -0.3 is 15.4 Å². The first-order chi connectivity index (χ1) is 15.9. The van der Waals surface area contributed by atoms with Crippen molar-refractivity contribution in [3.05, 3.63) is 69.8 Å². The maximum atomic E-state index is 12.9. The molecule has 2 amide bonds. The number of likely N-dealkylation sites (tertiary alicyclic amines) is 1. The second-order valence-electron chi connectivity index (χ2n) is 7.87. The molecule has 0 bridgehead atoms.